The lowest BCUT2D eigenvalue weighted by atomic mass is 10.1. The van der Waals surface area contributed by atoms with Gasteiger partial charge in [-0.2, -0.15) is 0 Å². The zero-order chi connectivity index (χ0) is 12.1. The van der Waals surface area contributed by atoms with Crippen LogP contribution in [0, 0.1) is 0 Å². The molecule has 0 bridgehead atoms. The number of carbonyl (C=O) groups excluding carboxylic acids is 1. The maximum absolute atomic E-state index is 11.1. The van der Waals surface area contributed by atoms with Gasteiger partial charge < -0.3 is 5.11 Å². The summed E-state index contributed by atoms with van der Waals surface area (Å²) in [7, 11) is 0. The minimum Gasteiger partial charge on any atom is -0.481 e. The average Bonchev–Trinajstić information content (AvgIpc) is 2.16. The molecule has 0 spiro atoms. The number of hydrogen-bond acceptors (Lipinski definition) is 2. The first kappa shape index (κ1) is 12.5. The highest BCUT2D eigenvalue weighted by molar-refractivity contribution is 6.34. The summed E-state index contributed by atoms with van der Waals surface area (Å²) in [4.78, 5) is 21.4. The Hall–Kier alpha value is -1.61. The van der Waals surface area contributed by atoms with Gasteiger partial charge in [-0.15, -0.1) is 0 Å². The SMILES string of the molecule is CC(=O)c1ccc(C=CCC(=O)O)cc1Cl. The normalized spacial score (nSPS) is 10.6. The first-order chi connectivity index (χ1) is 7.50. The predicted octanol–water partition coefficient (Wildman–Crippen LogP) is 3.03. The number of halogens is 1. The molecule has 1 rings (SSSR count). The van der Waals surface area contributed by atoms with Crippen molar-refractivity contribution in [1.29, 1.82) is 0 Å². The number of hydrogen-bond donors (Lipinski definition) is 1. The van der Waals surface area contributed by atoms with E-state index < -0.39 is 5.97 Å². The molecule has 1 N–H and O–H groups in total. The molecule has 4 heteroatoms. The molecule has 0 unspecified atom stereocenters. The van der Waals surface area contributed by atoms with Crippen molar-refractivity contribution in [3.63, 3.8) is 0 Å². The van der Waals surface area contributed by atoms with Gasteiger partial charge >= 0.3 is 5.97 Å². The van der Waals surface area contributed by atoms with Gasteiger partial charge in [-0.3, -0.25) is 9.59 Å². The lowest BCUT2D eigenvalue weighted by Gasteiger charge is -2.00. The van der Waals surface area contributed by atoms with Gasteiger partial charge in [-0.25, -0.2) is 0 Å². The van der Waals surface area contributed by atoms with E-state index in [4.69, 9.17) is 16.7 Å². The number of ketones is 1. The van der Waals surface area contributed by atoms with Gasteiger partial charge in [-0.1, -0.05) is 29.8 Å². The number of rotatable bonds is 4. The smallest absolute Gasteiger partial charge is 0.307 e. The van der Waals surface area contributed by atoms with Gasteiger partial charge in [0.1, 0.15) is 0 Å². The topological polar surface area (TPSA) is 54.4 Å². The molecule has 0 fully saturated rings. The number of carbonyl (C=O) groups is 2. The zero-order valence-electron chi connectivity index (χ0n) is 8.74. The van der Waals surface area contributed by atoms with Crippen molar-refractivity contribution in [2.24, 2.45) is 0 Å². The number of carboxylic acids is 1. The van der Waals surface area contributed by atoms with E-state index in [-0.39, 0.29) is 12.2 Å². The van der Waals surface area contributed by atoms with Gasteiger partial charge in [0.15, 0.2) is 5.78 Å². The van der Waals surface area contributed by atoms with Crippen molar-refractivity contribution in [2.45, 2.75) is 13.3 Å². The van der Waals surface area contributed by atoms with Crippen LogP contribution in [0.3, 0.4) is 0 Å². The van der Waals surface area contributed by atoms with Crippen LogP contribution < -0.4 is 0 Å². The first-order valence-electron chi connectivity index (χ1n) is 4.69. The number of aliphatic carboxylic acids is 1. The second-order valence-corrected chi connectivity index (χ2v) is 3.70. The molecule has 0 atom stereocenters. The van der Waals surface area contributed by atoms with Crippen LogP contribution in [-0.2, 0) is 4.79 Å². The summed E-state index contributed by atoms with van der Waals surface area (Å²) < 4.78 is 0. The third-order valence-electron chi connectivity index (χ3n) is 1.98. The van der Waals surface area contributed by atoms with Crippen LogP contribution in [0.1, 0.15) is 29.3 Å². The van der Waals surface area contributed by atoms with Crippen molar-refractivity contribution >= 4 is 29.4 Å². The van der Waals surface area contributed by atoms with Crippen LogP contribution in [-0.4, -0.2) is 16.9 Å². The molecule has 0 heterocycles. The number of benzene rings is 1. The van der Waals surface area contributed by atoms with Gasteiger partial charge in [0.05, 0.1) is 11.4 Å². The molecule has 0 aliphatic carbocycles. The van der Waals surface area contributed by atoms with Crippen molar-refractivity contribution < 1.29 is 14.7 Å². The van der Waals surface area contributed by atoms with Gasteiger partial charge in [0.25, 0.3) is 0 Å². The molecule has 0 saturated carbocycles. The predicted molar refractivity (Wildman–Crippen MR) is 62.7 cm³/mol. The minimum absolute atomic E-state index is 0.0356. The Bertz CT molecular complexity index is 450. The third kappa shape index (κ3) is 3.51. The highest BCUT2D eigenvalue weighted by Crippen LogP contribution is 2.19. The zero-order valence-corrected chi connectivity index (χ0v) is 9.49. The summed E-state index contributed by atoms with van der Waals surface area (Å²) in [5, 5.41) is 8.82. The van der Waals surface area contributed by atoms with Crippen molar-refractivity contribution in [3.8, 4) is 0 Å². The molecule has 1 aromatic rings. The standard InChI is InChI=1S/C12H11ClO3/c1-8(14)10-6-5-9(7-11(10)13)3-2-4-12(15)16/h2-3,5-7H,4H2,1H3,(H,15,16). The van der Waals surface area contributed by atoms with Crippen molar-refractivity contribution in [2.75, 3.05) is 0 Å². The van der Waals surface area contributed by atoms with E-state index >= 15 is 0 Å². The number of Topliss-reactive ketones (excluding diaryl/α,β-unsaturated/α-hetero) is 1. The molecule has 0 radical (unpaired) electrons. The Morgan fingerprint density at radius 1 is 1.44 bits per heavy atom. The lowest BCUT2D eigenvalue weighted by Crippen LogP contribution is -1.93. The quantitative estimate of drug-likeness (QED) is 0.821. The van der Waals surface area contributed by atoms with Crippen LogP contribution in [0.4, 0.5) is 0 Å². The maximum atomic E-state index is 11.1. The molecule has 0 aliphatic rings. The fourth-order valence-electron chi connectivity index (χ4n) is 1.22. The van der Waals surface area contributed by atoms with Crippen LogP contribution in [0.2, 0.25) is 5.02 Å². The monoisotopic (exact) mass is 238 g/mol. The fourth-order valence-corrected chi connectivity index (χ4v) is 1.54. The highest BCUT2D eigenvalue weighted by Gasteiger charge is 2.04. The summed E-state index contributed by atoms with van der Waals surface area (Å²) in [6.45, 7) is 1.45. The van der Waals surface area contributed by atoms with E-state index in [9.17, 15) is 9.59 Å². The summed E-state index contributed by atoms with van der Waals surface area (Å²) in [6, 6.07) is 4.99. The minimum atomic E-state index is -0.886. The Kier molecular flexibility index (Phi) is 4.26. The Morgan fingerprint density at radius 2 is 2.12 bits per heavy atom. The van der Waals surface area contributed by atoms with E-state index in [1.807, 2.05) is 0 Å². The summed E-state index contributed by atoms with van der Waals surface area (Å²) in [5.41, 5.74) is 1.24. The largest absolute Gasteiger partial charge is 0.481 e. The van der Waals surface area contributed by atoms with Crippen LogP contribution in [0.5, 0.6) is 0 Å². The fraction of sp³-hybridized carbons (Fsp3) is 0.167. The van der Waals surface area contributed by atoms with Gasteiger partial charge in [-0.05, 0) is 24.6 Å². The molecule has 0 aliphatic heterocycles. The van der Waals surface area contributed by atoms with Crippen molar-refractivity contribution in [1.82, 2.24) is 0 Å². The highest BCUT2D eigenvalue weighted by atomic mass is 35.5. The van der Waals surface area contributed by atoms with E-state index in [0.717, 1.165) is 5.56 Å². The molecule has 0 saturated heterocycles. The lowest BCUT2D eigenvalue weighted by molar-refractivity contribution is -0.135. The molecule has 1 aromatic carbocycles. The third-order valence-corrected chi connectivity index (χ3v) is 2.29. The second-order valence-electron chi connectivity index (χ2n) is 3.30. The maximum Gasteiger partial charge on any atom is 0.307 e. The van der Waals surface area contributed by atoms with E-state index in [1.54, 1.807) is 24.3 Å². The number of carboxylic acid groups (broad SMARTS) is 1. The first-order valence-corrected chi connectivity index (χ1v) is 5.07. The van der Waals surface area contributed by atoms with Crippen LogP contribution >= 0.6 is 11.6 Å². The molecule has 0 aromatic heterocycles. The Balaban J connectivity index is 2.85. The molecule has 16 heavy (non-hydrogen) atoms. The molecule has 3 nitrogen and oxygen atoms in total. The Labute approximate surface area is 98.4 Å². The molecule has 84 valence electrons. The van der Waals surface area contributed by atoms with Gasteiger partial charge in [0.2, 0.25) is 0 Å². The average molecular weight is 239 g/mol. The molecular weight excluding hydrogens is 228 g/mol. The molecular formula is C12H11ClO3. The molecule has 0 amide bonds. The summed E-state index contributed by atoms with van der Waals surface area (Å²) >= 11 is 5.89. The van der Waals surface area contributed by atoms with Crippen molar-refractivity contribution in [3.05, 3.63) is 40.4 Å². The van der Waals surface area contributed by atoms with Crippen LogP contribution in [0.15, 0.2) is 24.3 Å². The second kappa shape index (κ2) is 5.47. The van der Waals surface area contributed by atoms with Crippen LogP contribution in [0.25, 0.3) is 6.08 Å². The van der Waals surface area contributed by atoms with E-state index in [0.29, 0.717) is 10.6 Å². The van der Waals surface area contributed by atoms with E-state index in [2.05, 4.69) is 0 Å². The van der Waals surface area contributed by atoms with E-state index in [1.165, 1.54) is 13.0 Å². The van der Waals surface area contributed by atoms with Gasteiger partial charge in [0, 0.05) is 5.56 Å². The summed E-state index contributed by atoms with van der Waals surface area (Å²) in [5.74, 6) is -0.978. The Morgan fingerprint density at radius 3 is 2.62 bits per heavy atom. The summed E-state index contributed by atoms with van der Waals surface area (Å²) in [6.07, 6.45) is 3.15.